The van der Waals surface area contributed by atoms with Gasteiger partial charge in [-0.3, -0.25) is 9.59 Å². The van der Waals surface area contributed by atoms with E-state index in [-0.39, 0.29) is 18.5 Å². The fraction of sp³-hybridized carbons (Fsp3) is 0.938. The second-order valence-electron chi connectivity index (χ2n) is 22.1. The van der Waals surface area contributed by atoms with Crippen molar-refractivity contribution in [2.45, 2.75) is 373 Å². The van der Waals surface area contributed by atoms with Crippen LogP contribution in [0.15, 0.2) is 12.2 Å². The lowest BCUT2D eigenvalue weighted by Crippen LogP contribution is -2.45. The Kier molecular flexibility index (Phi) is 59.0. The van der Waals surface area contributed by atoms with Crippen molar-refractivity contribution in [3.8, 4) is 0 Å². The standard InChI is InChI=1S/C64H125NO5/c1-3-5-7-9-11-13-37-42-46-50-54-58-64(69)70-59-55-51-47-43-39-36-34-32-30-28-26-24-22-20-18-16-14-15-17-19-21-23-25-27-29-31-33-35-38-41-45-49-53-57-63(68)65-61(60-66)62(67)56-52-48-44-40-12-10-8-6-4-2/h9,11,61-62,66-67H,3-8,10,12-60H2,1-2H3,(H,65,68)/b11-9-. The van der Waals surface area contributed by atoms with Crippen molar-refractivity contribution in [2.24, 2.45) is 0 Å². The van der Waals surface area contributed by atoms with Crippen molar-refractivity contribution in [3.05, 3.63) is 12.2 Å². The zero-order valence-electron chi connectivity index (χ0n) is 47.5. The molecule has 0 aromatic carbocycles. The number of hydrogen-bond donors (Lipinski definition) is 3. The Morgan fingerprint density at radius 1 is 0.386 bits per heavy atom. The molecule has 0 radical (unpaired) electrons. The molecule has 0 saturated heterocycles. The highest BCUT2D eigenvalue weighted by molar-refractivity contribution is 5.76. The summed E-state index contributed by atoms with van der Waals surface area (Å²) < 4.78 is 5.47. The maximum absolute atomic E-state index is 12.4. The molecule has 1 amide bonds. The molecular formula is C64H125NO5. The van der Waals surface area contributed by atoms with Crippen LogP contribution >= 0.6 is 0 Å². The summed E-state index contributed by atoms with van der Waals surface area (Å²) in [6, 6.07) is -0.534. The fourth-order valence-electron chi connectivity index (χ4n) is 10.2. The van der Waals surface area contributed by atoms with Crippen molar-refractivity contribution in [2.75, 3.05) is 13.2 Å². The van der Waals surface area contributed by atoms with Gasteiger partial charge in [-0.2, -0.15) is 0 Å². The summed E-state index contributed by atoms with van der Waals surface area (Å²) in [6.45, 7) is 4.92. The van der Waals surface area contributed by atoms with E-state index in [2.05, 4.69) is 31.3 Å². The summed E-state index contributed by atoms with van der Waals surface area (Å²) >= 11 is 0. The number of aliphatic hydroxyl groups is 2. The molecule has 6 heteroatoms. The lowest BCUT2D eigenvalue weighted by atomic mass is 10.0. The molecule has 3 N–H and O–H groups in total. The van der Waals surface area contributed by atoms with Crippen LogP contribution in [0.4, 0.5) is 0 Å². The number of esters is 1. The number of rotatable bonds is 60. The highest BCUT2D eigenvalue weighted by atomic mass is 16.5. The number of amides is 1. The predicted octanol–water partition coefficient (Wildman–Crippen LogP) is 20.0. The molecule has 416 valence electrons. The van der Waals surface area contributed by atoms with Gasteiger partial charge in [0.05, 0.1) is 25.4 Å². The van der Waals surface area contributed by atoms with Crippen LogP contribution in [0.2, 0.25) is 0 Å². The third-order valence-corrected chi connectivity index (χ3v) is 15.1. The Morgan fingerprint density at radius 3 is 1.06 bits per heavy atom. The smallest absolute Gasteiger partial charge is 0.305 e. The number of allylic oxidation sites excluding steroid dienone is 2. The van der Waals surface area contributed by atoms with E-state index in [1.165, 1.54) is 283 Å². The molecule has 0 heterocycles. The van der Waals surface area contributed by atoms with Gasteiger partial charge in [0.1, 0.15) is 0 Å². The minimum absolute atomic E-state index is 0.0108. The molecule has 0 saturated carbocycles. The van der Waals surface area contributed by atoms with Gasteiger partial charge in [-0.15, -0.1) is 0 Å². The lowest BCUT2D eigenvalue weighted by molar-refractivity contribution is -0.143. The molecule has 0 bridgehead atoms. The van der Waals surface area contributed by atoms with E-state index < -0.39 is 12.1 Å². The Balaban J connectivity index is 3.28. The van der Waals surface area contributed by atoms with Gasteiger partial charge >= 0.3 is 5.97 Å². The van der Waals surface area contributed by atoms with E-state index in [0.717, 1.165) is 44.9 Å². The first kappa shape index (κ1) is 68.6. The molecule has 2 unspecified atom stereocenters. The summed E-state index contributed by atoms with van der Waals surface area (Å²) in [5.41, 5.74) is 0. The zero-order chi connectivity index (χ0) is 50.7. The van der Waals surface area contributed by atoms with Gasteiger partial charge in [-0.05, 0) is 44.9 Å². The first-order chi connectivity index (χ1) is 34.5. The van der Waals surface area contributed by atoms with Crippen LogP contribution in [0.1, 0.15) is 361 Å². The normalized spacial score (nSPS) is 12.6. The number of hydrogen-bond acceptors (Lipinski definition) is 5. The molecule has 0 rings (SSSR count). The van der Waals surface area contributed by atoms with Gasteiger partial charge in [0.15, 0.2) is 0 Å². The molecule has 0 aromatic heterocycles. The van der Waals surface area contributed by atoms with Gasteiger partial charge in [0.2, 0.25) is 5.91 Å². The van der Waals surface area contributed by atoms with E-state index in [1.54, 1.807) is 0 Å². The Labute approximate surface area is 438 Å². The third-order valence-electron chi connectivity index (χ3n) is 15.1. The first-order valence-corrected chi connectivity index (χ1v) is 31.9. The maximum atomic E-state index is 12.4. The van der Waals surface area contributed by atoms with Crippen molar-refractivity contribution in [3.63, 3.8) is 0 Å². The molecule has 0 aliphatic rings. The monoisotopic (exact) mass is 988 g/mol. The molecule has 0 aromatic rings. The van der Waals surface area contributed by atoms with Crippen LogP contribution in [0, 0.1) is 0 Å². The van der Waals surface area contributed by atoms with E-state index in [0.29, 0.717) is 25.9 Å². The molecule has 0 fully saturated rings. The predicted molar refractivity (Wildman–Crippen MR) is 306 cm³/mol. The minimum atomic E-state index is -0.657. The first-order valence-electron chi connectivity index (χ1n) is 31.9. The van der Waals surface area contributed by atoms with E-state index in [1.807, 2.05) is 0 Å². The van der Waals surface area contributed by atoms with Gasteiger partial charge < -0.3 is 20.3 Å². The number of aliphatic hydroxyl groups excluding tert-OH is 2. The summed E-state index contributed by atoms with van der Waals surface area (Å²) in [6.07, 6.45) is 72.6. The van der Waals surface area contributed by atoms with Crippen LogP contribution in [0.25, 0.3) is 0 Å². The van der Waals surface area contributed by atoms with Gasteiger partial charge in [-0.1, -0.05) is 315 Å². The zero-order valence-corrected chi connectivity index (χ0v) is 47.5. The average Bonchev–Trinajstić information content (AvgIpc) is 3.36. The van der Waals surface area contributed by atoms with Crippen molar-refractivity contribution < 1.29 is 24.5 Å². The van der Waals surface area contributed by atoms with Crippen LogP contribution in [-0.2, 0) is 14.3 Å². The second-order valence-corrected chi connectivity index (χ2v) is 22.1. The lowest BCUT2D eigenvalue weighted by Gasteiger charge is -2.22. The van der Waals surface area contributed by atoms with Gasteiger partial charge in [-0.25, -0.2) is 0 Å². The fourth-order valence-corrected chi connectivity index (χ4v) is 10.2. The quantitative estimate of drug-likeness (QED) is 0.0321. The summed E-state index contributed by atoms with van der Waals surface area (Å²) in [7, 11) is 0. The maximum Gasteiger partial charge on any atom is 0.305 e. The van der Waals surface area contributed by atoms with Crippen LogP contribution in [0.5, 0.6) is 0 Å². The molecule has 70 heavy (non-hydrogen) atoms. The molecular weight excluding hydrogens is 863 g/mol. The van der Waals surface area contributed by atoms with Crippen LogP contribution in [-0.4, -0.2) is 47.4 Å². The Hall–Kier alpha value is -1.40. The number of carbonyl (C=O) groups excluding carboxylic acids is 2. The molecule has 6 nitrogen and oxygen atoms in total. The molecule has 0 aliphatic heterocycles. The molecule has 0 aliphatic carbocycles. The third kappa shape index (κ3) is 55.9. The Bertz CT molecular complexity index is 1050. The average molecular weight is 989 g/mol. The van der Waals surface area contributed by atoms with Gasteiger partial charge in [0, 0.05) is 12.8 Å². The molecule has 0 spiro atoms. The minimum Gasteiger partial charge on any atom is -0.466 e. The van der Waals surface area contributed by atoms with Crippen molar-refractivity contribution in [1.82, 2.24) is 5.32 Å². The largest absolute Gasteiger partial charge is 0.466 e. The number of unbranched alkanes of at least 4 members (excludes halogenated alkanes) is 47. The van der Waals surface area contributed by atoms with E-state index >= 15 is 0 Å². The summed E-state index contributed by atoms with van der Waals surface area (Å²) in [5, 5.41) is 23.1. The number of ether oxygens (including phenoxy) is 1. The van der Waals surface area contributed by atoms with Crippen molar-refractivity contribution in [1.29, 1.82) is 0 Å². The topological polar surface area (TPSA) is 95.9 Å². The van der Waals surface area contributed by atoms with Crippen molar-refractivity contribution >= 4 is 11.9 Å². The number of carbonyl (C=O) groups is 2. The molecule has 2 atom stereocenters. The van der Waals surface area contributed by atoms with E-state index in [4.69, 9.17) is 4.74 Å². The highest BCUT2D eigenvalue weighted by Gasteiger charge is 2.20. The SMILES string of the molecule is CCCC/C=C\CCCCCCCC(=O)OCCCCCCCCCCCCCCCCCCCCCCCCCCCCCCCCCCCC(=O)NC(CO)C(O)CCCCCCCCCCC. The summed E-state index contributed by atoms with van der Waals surface area (Å²) in [5.74, 6) is -0.0201. The van der Waals surface area contributed by atoms with Crippen LogP contribution in [0.3, 0.4) is 0 Å². The Morgan fingerprint density at radius 2 is 0.686 bits per heavy atom. The number of nitrogens with one attached hydrogen (secondary N) is 1. The van der Waals surface area contributed by atoms with Crippen LogP contribution < -0.4 is 5.32 Å². The second kappa shape index (κ2) is 60.2. The van der Waals surface area contributed by atoms with Gasteiger partial charge in [0.25, 0.3) is 0 Å². The summed E-state index contributed by atoms with van der Waals surface area (Å²) in [4.78, 5) is 24.4. The van der Waals surface area contributed by atoms with E-state index in [9.17, 15) is 19.8 Å². The highest BCUT2D eigenvalue weighted by Crippen LogP contribution is 2.19.